The van der Waals surface area contributed by atoms with E-state index in [1.807, 2.05) is 0 Å². The van der Waals surface area contributed by atoms with Gasteiger partial charge in [0, 0.05) is 19.2 Å². The van der Waals surface area contributed by atoms with E-state index in [-0.39, 0.29) is 42.7 Å². The number of hydrogen-bond donors (Lipinski definition) is 2. The van der Waals surface area contributed by atoms with Crippen molar-refractivity contribution >= 4 is 15.7 Å². The van der Waals surface area contributed by atoms with Crippen molar-refractivity contribution in [2.24, 2.45) is 0 Å². The number of aliphatic hydroxyl groups excluding tert-OH is 1. The standard InChI is InChI=1S/C21H24F3NO6S/c1-32(28,29)19-10-8-17(9-11-19)30-12-2-3-20(27)25-13-16(26)14-31-18-6-4-15(5-7-18)21(22,23)24/h4-11,16,26H,2-3,12-14H2,1H3,(H,25,27). The molecule has 1 amide bonds. The van der Waals surface area contributed by atoms with E-state index in [0.29, 0.717) is 12.2 Å². The molecule has 32 heavy (non-hydrogen) atoms. The minimum absolute atomic E-state index is 0.0761. The molecule has 1 atom stereocenters. The van der Waals surface area contributed by atoms with Crippen LogP contribution in [0, 0.1) is 0 Å². The van der Waals surface area contributed by atoms with Crippen LogP contribution in [0.5, 0.6) is 11.5 Å². The molecule has 0 bridgehead atoms. The number of sulfone groups is 1. The lowest BCUT2D eigenvalue weighted by atomic mass is 10.2. The molecule has 0 spiro atoms. The molecule has 0 aliphatic rings. The van der Waals surface area contributed by atoms with Gasteiger partial charge in [0.2, 0.25) is 5.91 Å². The number of aliphatic hydroxyl groups is 1. The Labute approximate surface area is 184 Å². The second-order valence-corrected chi connectivity index (χ2v) is 9.00. The van der Waals surface area contributed by atoms with Crippen molar-refractivity contribution in [2.45, 2.75) is 30.0 Å². The fourth-order valence-corrected chi connectivity index (χ4v) is 3.15. The summed E-state index contributed by atoms with van der Waals surface area (Å²) in [6.45, 7) is -0.0310. The van der Waals surface area contributed by atoms with Gasteiger partial charge in [-0.3, -0.25) is 4.79 Å². The zero-order valence-corrected chi connectivity index (χ0v) is 18.1. The van der Waals surface area contributed by atoms with E-state index in [9.17, 15) is 31.5 Å². The van der Waals surface area contributed by atoms with Crippen LogP contribution in [0.1, 0.15) is 18.4 Å². The van der Waals surface area contributed by atoms with E-state index in [1.165, 1.54) is 24.3 Å². The summed E-state index contributed by atoms with van der Waals surface area (Å²) >= 11 is 0. The van der Waals surface area contributed by atoms with Gasteiger partial charge in [0.25, 0.3) is 0 Å². The van der Waals surface area contributed by atoms with Gasteiger partial charge in [-0.2, -0.15) is 13.2 Å². The second kappa shape index (κ2) is 11.2. The fraction of sp³-hybridized carbons (Fsp3) is 0.381. The van der Waals surface area contributed by atoms with Crippen LogP contribution in [-0.4, -0.2) is 51.5 Å². The van der Waals surface area contributed by atoms with Gasteiger partial charge in [-0.05, 0) is 55.0 Å². The Balaban J connectivity index is 1.61. The van der Waals surface area contributed by atoms with Crippen LogP contribution >= 0.6 is 0 Å². The van der Waals surface area contributed by atoms with E-state index in [0.717, 1.165) is 30.5 Å². The molecule has 1 unspecified atom stereocenters. The molecule has 2 aromatic carbocycles. The highest BCUT2D eigenvalue weighted by molar-refractivity contribution is 7.90. The zero-order chi connectivity index (χ0) is 23.8. The molecular formula is C21H24F3NO6S. The Morgan fingerprint density at radius 2 is 1.59 bits per heavy atom. The van der Waals surface area contributed by atoms with E-state index >= 15 is 0 Å². The summed E-state index contributed by atoms with van der Waals surface area (Å²) in [5, 5.41) is 12.4. The Morgan fingerprint density at radius 1 is 1.03 bits per heavy atom. The highest BCUT2D eigenvalue weighted by atomic mass is 32.2. The smallest absolute Gasteiger partial charge is 0.416 e. The first-order valence-electron chi connectivity index (χ1n) is 9.63. The van der Waals surface area contributed by atoms with Crippen LogP contribution in [0.15, 0.2) is 53.4 Å². The molecular weight excluding hydrogens is 451 g/mol. The molecule has 2 aromatic rings. The quantitative estimate of drug-likeness (QED) is 0.485. The monoisotopic (exact) mass is 475 g/mol. The van der Waals surface area contributed by atoms with Crippen molar-refractivity contribution in [3.63, 3.8) is 0 Å². The van der Waals surface area contributed by atoms with Crippen molar-refractivity contribution in [1.29, 1.82) is 0 Å². The first-order chi connectivity index (χ1) is 14.9. The molecule has 176 valence electrons. The van der Waals surface area contributed by atoms with Gasteiger partial charge in [-0.15, -0.1) is 0 Å². The Bertz CT molecular complexity index is 976. The summed E-state index contributed by atoms with van der Waals surface area (Å²) in [5.74, 6) is 0.341. The molecule has 0 aliphatic heterocycles. The number of carbonyl (C=O) groups excluding carboxylic acids is 1. The average Bonchev–Trinajstić information content (AvgIpc) is 2.73. The number of rotatable bonds is 11. The van der Waals surface area contributed by atoms with E-state index in [4.69, 9.17) is 9.47 Å². The lowest BCUT2D eigenvalue weighted by molar-refractivity contribution is -0.137. The van der Waals surface area contributed by atoms with Crippen LogP contribution in [0.2, 0.25) is 0 Å². The second-order valence-electron chi connectivity index (χ2n) is 6.99. The minimum atomic E-state index is -4.43. The van der Waals surface area contributed by atoms with E-state index in [2.05, 4.69) is 5.32 Å². The van der Waals surface area contributed by atoms with Crippen LogP contribution < -0.4 is 14.8 Å². The Morgan fingerprint density at radius 3 is 2.16 bits per heavy atom. The van der Waals surface area contributed by atoms with Gasteiger partial charge >= 0.3 is 6.18 Å². The normalized spacial score (nSPS) is 12.8. The molecule has 0 heterocycles. The molecule has 0 saturated heterocycles. The number of alkyl halides is 3. The van der Waals surface area contributed by atoms with Crippen LogP contribution in [0.4, 0.5) is 13.2 Å². The maximum absolute atomic E-state index is 12.5. The molecule has 2 rings (SSSR count). The molecule has 0 saturated carbocycles. The summed E-state index contributed by atoms with van der Waals surface area (Å²) in [7, 11) is -3.28. The Kier molecular flexibility index (Phi) is 8.90. The largest absolute Gasteiger partial charge is 0.494 e. The van der Waals surface area contributed by atoms with Gasteiger partial charge in [0.05, 0.1) is 17.1 Å². The Hall–Kier alpha value is -2.79. The third-order valence-corrected chi connectivity index (χ3v) is 5.36. The van der Waals surface area contributed by atoms with Gasteiger partial charge in [0.15, 0.2) is 9.84 Å². The van der Waals surface area contributed by atoms with Gasteiger partial charge in [-0.1, -0.05) is 0 Å². The number of carbonyl (C=O) groups is 1. The number of halogens is 3. The number of nitrogens with one attached hydrogen (secondary N) is 1. The maximum atomic E-state index is 12.5. The van der Waals surface area contributed by atoms with Gasteiger partial charge in [-0.25, -0.2) is 8.42 Å². The molecule has 0 radical (unpaired) electrons. The third kappa shape index (κ3) is 8.75. The number of hydrogen-bond acceptors (Lipinski definition) is 6. The molecule has 2 N–H and O–H groups in total. The summed E-state index contributed by atoms with van der Waals surface area (Å²) in [6.07, 6.45) is -3.81. The van der Waals surface area contributed by atoms with Crippen LogP contribution in [0.3, 0.4) is 0 Å². The first kappa shape index (κ1) is 25.5. The van der Waals surface area contributed by atoms with Crippen molar-refractivity contribution in [3.05, 3.63) is 54.1 Å². The molecule has 0 fully saturated rings. The van der Waals surface area contributed by atoms with Crippen LogP contribution in [-0.2, 0) is 20.8 Å². The van der Waals surface area contributed by atoms with Gasteiger partial charge in [0.1, 0.15) is 24.2 Å². The zero-order valence-electron chi connectivity index (χ0n) is 17.3. The number of benzene rings is 2. The summed E-state index contributed by atoms with van der Waals surface area (Å²) < 4.78 is 71.0. The lowest BCUT2D eigenvalue weighted by Crippen LogP contribution is -2.35. The predicted octanol–water partition coefficient (Wildman–Crippen LogP) is 2.82. The first-order valence-corrected chi connectivity index (χ1v) is 11.5. The van der Waals surface area contributed by atoms with Crippen molar-refractivity contribution in [2.75, 3.05) is 26.0 Å². The fourth-order valence-electron chi connectivity index (χ4n) is 2.52. The molecule has 0 aromatic heterocycles. The highest BCUT2D eigenvalue weighted by Gasteiger charge is 2.30. The maximum Gasteiger partial charge on any atom is 0.416 e. The van der Waals surface area contributed by atoms with Crippen LogP contribution in [0.25, 0.3) is 0 Å². The summed E-state index contributed by atoms with van der Waals surface area (Å²) in [4.78, 5) is 12.0. The van der Waals surface area contributed by atoms with Gasteiger partial charge < -0.3 is 19.9 Å². The van der Waals surface area contributed by atoms with E-state index < -0.39 is 27.7 Å². The van der Waals surface area contributed by atoms with Crippen molar-refractivity contribution < 1.29 is 41.0 Å². The molecule has 11 heteroatoms. The average molecular weight is 475 g/mol. The molecule has 0 aliphatic carbocycles. The number of ether oxygens (including phenoxy) is 2. The predicted molar refractivity (Wildman–Crippen MR) is 110 cm³/mol. The molecule has 7 nitrogen and oxygen atoms in total. The summed E-state index contributed by atoms with van der Waals surface area (Å²) in [5.41, 5.74) is -0.799. The third-order valence-electron chi connectivity index (χ3n) is 4.23. The SMILES string of the molecule is CS(=O)(=O)c1ccc(OCCCC(=O)NCC(O)COc2ccc(C(F)(F)F)cc2)cc1. The van der Waals surface area contributed by atoms with E-state index in [1.54, 1.807) is 0 Å². The highest BCUT2D eigenvalue weighted by Crippen LogP contribution is 2.30. The van der Waals surface area contributed by atoms with Crippen molar-refractivity contribution in [3.8, 4) is 11.5 Å². The lowest BCUT2D eigenvalue weighted by Gasteiger charge is -2.14. The summed E-state index contributed by atoms with van der Waals surface area (Å²) in [6, 6.07) is 10.0. The topological polar surface area (TPSA) is 102 Å². The minimum Gasteiger partial charge on any atom is -0.494 e. The van der Waals surface area contributed by atoms with Crippen molar-refractivity contribution in [1.82, 2.24) is 5.32 Å². The number of amides is 1.